The Morgan fingerprint density at radius 2 is 1.73 bits per heavy atom. The summed E-state index contributed by atoms with van der Waals surface area (Å²) in [4.78, 5) is 12.4. The summed E-state index contributed by atoms with van der Waals surface area (Å²) in [6.45, 7) is 14.7. The Balaban J connectivity index is 1.57. The van der Waals surface area contributed by atoms with Crippen LogP contribution in [0.15, 0.2) is 11.1 Å². The van der Waals surface area contributed by atoms with Gasteiger partial charge in [-0.25, -0.2) is 0 Å². The Hall–Kier alpha value is -0.630. The highest BCUT2D eigenvalue weighted by Gasteiger charge is 2.62. The molecule has 0 spiro atoms. The maximum absolute atomic E-state index is 12.4. The third-order valence-electron chi connectivity index (χ3n) is 11.0. The lowest BCUT2D eigenvalue weighted by Gasteiger charge is -2.52. The van der Waals surface area contributed by atoms with Crippen molar-refractivity contribution in [2.45, 2.75) is 105 Å². The fraction of sp³-hybridized carbons (Fsp3) is 0.893. The zero-order valence-electron chi connectivity index (χ0n) is 20.4. The molecule has 1 N–H and O–H groups in total. The van der Waals surface area contributed by atoms with Crippen LogP contribution in [0.3, 0.4) is 0 Å². The predicted octanol–water partition coefficient (Wildman–Crippen LogP) is 6.81. The number of aldehydes is 1. The number of aliphatic hydroxyl groups is 1. The van der Waals surface area contributed by atoms with Crippen molar-refractivity contribution in [2.75, 3.05) is 0 Å². The predicted molar refractivity (Wildman–Crippen MR) is 124 cm³/mol. The second kappa shape index (κ2) is 8.05. The van der Waals surface area contributed by atoms with Gasteiger partial charge in [-0.2, -0.15) is 0 Å². The van der Waals surface area contributed by atoms with Gasteiger partial charge in [0, 0.05) is 0 Å². The second-order valence-corrected chi connectivity index (χ2v) is 12.6. The van der Waals surface area contributed by atoms with Crippen LogP contribution in [0, 0.1) is 52.3 Å². The van der Waals surface area contributed by atoms with E-state index < -0.39 is 0 Å². The average Bonchev–Trinajstić information content (AvgIpc) is 3.17. The fourth-order valence-electron chi connectivity index (χ4n) is 8.72. The monoisotopic (exact) mass is 414 g/mol. The van der Waals surface area contributed by atoms with E-state index in [-0.39, 0.29) is 11.5 Å². The molecule has 0 unspecified atom stereocenters. The van der Waals surface area contributed by atoms with Gasteiger partial charge in [0.15, 0.2) is 0 Å². The molecule has 3 saturated carbocycles. The van der Waals surface area contributed by atoms with Crippen molar-refractivity contribution >= 4 is 6.29 Å². The lowest BCUT2D eigenvalue weighted by atomic mass is 9.52. The fourth-order valence-corrected chi connectivity index (χ4v) is 8.72. The Labute approximate surface area is 185 Å². The molecule has 4 aliphatic carbocycles. The number of hydrogen-bond acceptors (Lipinski definition) is 2. The summed E-state index contributed by atoms with van der Waals surface area (Å²) >= 11 is 0. The first-order chi connectivity index (χ1) is 14.1. The Morgan fingerprint density at radius 1 is 1.00 bits per heavy atom. The van der Waals surface area contributed by atoms with Crippen LogP contribution in [-0.4, -0.2) is 17.5 Å². The molecule has 0 radical (unpaired) electrons. The first-order valence-electron chi connectivity index (χ1n) is 13.0. The molecule has 2 nitrogen and oxygen atoms in total. The Morgan fingerprint density at radius 3 is 2.40 bits per heavy atom. The molecule has 0 aromatic heterocycles. The molecule has 0 aromatic rings. The molecule has 0 bridgehead atoms. The highest BCUT2D eigenvalue weighted by Crippen LogP contribution is 2.70. The highest BCUT2D eigenvalue weighted by molar-refractivity contribution is 5.78. The van der Waals surface area contributed by atoms with Crippen LogP contribution in [0.4, 0.5) is 0 Å². The van der Waals surface area contributed by atoms with Crippen molar-refractivity contribution < 1.29 is 9.90 Å². The molecule has 0 heterocycles. The van der Waals surface area contributed by atoms with E-state index in [9.17, 15) is 9.90 Å². The largest absolute Gasteiger partial charge is 0.393 e. The van der Waals surface area contributed by atoms with E-state index in [1.54, 1.807) is 0 Å². The molecule has 4 aliphatic rings. The van der Waals surface area contributed by atoms with E-state index in [2.05, 4.69) is 41.5 Å². The van der Waals surface area contributed by atoms with Crippen LogP contribution < -0.4 is 0 Å². The molecule has 9 atom stereocenters. The van der Waals surface area contributed by atoms with Crippen molar-refractivity contribution in [3.05, 3.63) is 11.1 Å². The zero-order chi connectivity index (χ0) is 21.8. The van der Waals surface area contributed by atoms with E-state index in [0.29, 0.717) is 23.2 Å². The smallest absolute Gasteiger partial charge is 0.146 e. The summed E-state index contributed by atoms with van der Waals surface area (Å²) in [6, 6.07) is 0. The van der Waals surface area contributed by atoms with Gasteiger partial charge in [0.25, 0.3) is 0 Å². The topological polar surface area (TPSA) is 37.3 Å². The summed E-state index contributed by atoms with van der Waals surface area (Å²) in [5.41, 5.74) is 3.02. The third-order valence-corrected chi connectivity index (χ3v) is 11.0. The number of aliphatic hydroxyl groups excluding tert-OH is 1. The van der Waals surface area contributed by atoms with Gasteiger partial charge in [0.05, 0.1) is 6.10 Å². The van der Waals surface area contributed by atoms with E-state index in [0.717, 1.165) is 48.5 Å². The highest BCUT2D eigenvalue weighted by atomic mass is 16.3. The normalized spacial score (nSPS) is 45.1. The van der Waals surface area contributed by atoms with E-state index in [4.69, 9.17) is 0 Å². The van der Waals surface area contributed by atoms with Gasteiger partial charge < -0.3 is 5.11 Å². The molecule has 0 aromatic carbocycles. The minimum absolute atomic E-state index is 0.165. The van der Waals surface area contributed by atoms with Crippen LogP contribution in [-0.2, 0) is 4.79 Å². The third kappa shape index (κ3) is 3.35. The van der Waals surface area contributed by atoms with E-state index in [1.807, 2.05) is 0 Å². The molecule has 30 heavy (non-hydrogen) atoms. The van der Waals surface area contributed by atoms with Gasteiger partial charge in [0.1, 0.15) is 6.29 Å². The quantitative estimate of drug-likeness (QED) is 0.484. The van der Waals surface area contributed by atoms with Gasteiger partial charge in [-0.05, 0) is 103 Å². The molecule has 0 amide bonds. The van der Waals surface area contributed by atoms with Crippen molar-refractivity contribution in [1.82, 2.24) is 0 Å². The minimum atomic E-state index is -0.242. The van der Waals surface area contributed by atoms with Crippen LogP contribution in [0.5, 0.6) is 0 Å². The average molecular weight is 415 g/mol. The van der Waals surface area contributed by atoms with Crippen molar-refractivity contribution in [2.24, 2.45) is 52.3 Å². The number of carbonyl (C=O) groups excluding carboxylic acids is 1. The molecule has 4 rings (SSSR count). The number of hydrogen-bond donors (Lipinski definition) is 1. The number of rotatable bonds is 6. The summed E-state index contributed by atoms with van der Waals surface area (Å²) < 4.78 is 0. The Bertz CT molecular complexity index is 693. The van der Waals surface area contributed by atoms with Crippen molar-refractivity contribution in [1.29, 1.82) is 0 Å². The van der Waals surface area contributed by atoms with Gasteiger partial charge in [0.2, 0.25) is 0 Å². The second-order valence-electron chi connectivity index (χ2n) is 12.6. The van der Waals surface area contributed by atoms with Gasteiger partial charge in [-0.1, -0.05) is 60.0 Å². The van der Waals surface area contributed by atoms with Gasteiger partial charge in [-0.3, -0.25) is 4.79 Å². The SMILES string of the molecule is CC(C)[C@@H](C)CC[C@@H](C)[C@H]1CC[C@H]2[C@@H]3C(C=O)=C4C[C@@H](O)CC[C@]4(C)[C@H]3CC[C@]12C. The van der Waals surface area contributed by atoms with Crippen LogP contribution in [0.2, 0.25) is 0 Å². The zero-order valence-corrected chi connectivity index (χ0v) is 20.4. The summed E-state index contributed by atoms with van der Waals surface area (Å²) in [7, 11) is 0. The Kier molecular flexibility index (Phi) is 6.06. The first kappa shape index (κ1) is 22.6. The summed E-state index contributed by atoms with van der Waals surface area (Å²) in [6.07, 6.45) is 11.7. The minimum Gasteiger partial charge on any atom is -0.393 e. The first-order valence-corrected chi connectivity index (χ1v) is 13.0. The molecule has 0 saturated heterocycles. The molecular formula is C28H46O2. The van der Waals surface area contributed by atoms with Crippen LogP contribution in [0.25, 0.3) is 0 Å². The lowest BCUT2D eigenvalue weighted by molar-refractivity contribution is -0.106. The molecule has 3 fully saturated rings. The summed E-state index contributed by atoms with van der Waals surface area (Å²) in [5.74, 6) is 4.93. The van der Waals surface area contributed by atoms with E-state index >= 15 is 0 Å². The standard InChI is InChI=1S/C28H46O2/c1-17(2)18(3)7-8-19(4)22-9-10-23-26-21(16-29)25-15-20(30)11-13-28(25,6)24(26)12-14-27(22,23)5/h16-20,22-24,26,30H,7-15H2,1-6H3/t18-,19+,20-,22+,23-,24-,26-,27+,28+/m0/s1. The molecule has 0 aliphatic heterocycles. The van der Waals surface area contributed by atoms with Gasteiger partial charge in [-0.15, -0.1) is 0 Å². The number of allylic oxidation sites excluding steroid dienone is 1. The van der Waals surface area contributed by atoms with Crippen molar-refractivity contribution in [3.8, 4) is 0 Å². The maximum Gasteiger partial charge on any atom is 0.146 e. The van der Waals surface area contributed by atoms with Crippen LogP contribution >= 0.6 is 0 Å². The van der Waals surface area contributed by atoms with E-state index in [1.165, 1.54) is 50.4 Å². The molecule has 2 heteroatoms. The molecule has 170 valence electrons. The number of carbonyl (C=O) groups is 1. The lowest BCUT2D eigenvalue weighted by Crippen LogP contribution is -2.45. The van der Waals surface area contributed by atoms with Crippen molar-refractivity contribution in [3.63, 3.8) is 0 Å². The molecular weight excluding hydrogens is 368 g/mol. The summed E-state index contributed by atoms with van der Waals surface area (Å²) in [5, 5.41) is 10.4. The number of fused-ring (bicyclic) bond motifs is 5. The van der Waals surface area contributed by atoms with Gasteiger partial charge >= 0.3 is 0 Å². The van der Waals surface area contributed by atoms with Crippen LogP contribution in [0.1, 0.15) is 99.3 Å². The maximum atomic E-state index is 12.4.